The number of rotatable bonds is 7. The Balaban J connectivity index is 1.83. The van der Waals surface area contributed by atoms with Crippen molar-refractivity contribution in [3.8, 4) is 11.5 Å². The first-order chi connectivity index (χ1) is 10.8. The van der Waals surface area contributed by atoms with Gasteiger partial charge in [-0.3, -0.25) is 4.79 Å². The number of benzene rings is 1. The number of sulfone groups is 1. The number of carbonyl (C=O) groups is 1. The van der Waals surface area contributed by atoms with Crippen molar-refractivity contribution >= 4 is 15.7 Å². The first-order valence-electron chi connectivity index (χ1n) is 7.58. The van der Waals surface area contributed by atoms with Gasteiger partial charge in [-0.2, -0.15) is 0 Å². The lowest BCUT2D eigenvalue weighted by Crippen LogP contribution is -2.58. The number of para-hydroxylation sites is 2. The van der Waals surface area contributed by atoms with E-state index in [0.29, 0.717) is 11.5 Å². The monoisotopic (exact) mass is 341 g/mol. The summed E-state index contributed by atoms with van der Waals surface area (Å²) in [6, 6.07) is 7.07. The number of nitrogens with zero attached hydrogens (tertiary/aromatic N) is 1. The molecule has 1 aromatic carbocycles. The largest absolute Gasteiger partial charge is 0.493 e. The molecule has 0 N–H and O–H groups in total. The van der Waals surface area contributed by atoms with Gasteiger partial charge in [-0.15, -0.1) is 0 Å². The summed E-state index contributed by atoms with van der Waals surface area (Å²) >= 11 is 0. The Hall–Kier alpha value is -1.76. The van der Waals surface area contributed by atoms with Gasteiger partial charge in [0.15, 0.2) is 27.9 Å². The molecule has 1 aliphatic rings. The number of amides is 1. The van der Waals surface area contributed by atoms with E-state index in [-0.39, 0.29) is 37.3 Å². The van der Waals surface area contributed by atoms with Gasteiger partial charge in [0.2, 0.25) is 0 Å². The quantitative estimate of drug-likeness (QED) is 0.749. The number of hydrogen-bond donors (Lipinski definition) is 0. The minimum absolute atomic E-state index is 0.0960. The fraction of sp³-hybridized carbons (Fsp3) is 0.562. The zero-order valence-corrected chi connectivity index (χ0v) is 14.5. The molecule has 128 valence electrons. The summed E-state index contributed by atoms with van der Waals surface area (Å²) in [4.78, 5) is 13.6. The van der Waals surface area contributed by atoms with Crippen LogP contribution in [0.1, 0.15) is 13.8 Å². The van der Waals surface area contributed by atoms with E-state index in [1.165, 1.54) is 12.0 Å². The molecule has 7 heteroatoms. The number of hydrogen-bond acceptors (Lipinski definition) is 5. The summed E-state index contributed by atoms with van der Waals surface area (Å²) in [6.45, 7) is 4.13. The minimum atomic E-state index is -3.12. The van der Waals surface area contributed by atoms with E-state index in [1.54, 1.807) is 18.2 Å². The summed E-state index contributed by atoms with van der Waals surface area (Å²) in [5, 5.41) is -0.444. The van der Waals surface area contributed by atoms with Crippen molar-refractivity contribution in [3.05, 3.63) is 24.3 Å². The SMILES string of the molecule is COc1ccccc1OCC(=O)N1CC(S(=O)(=O)CC(C)C)C1. The highest BCUT2D eigenvalue weighted by Crippen LogP contribution is 2.26. The van der Waals surface area contributed by atoms with Crippen LogP contribution in [-0.4, -0.2) is 57.0 Å². The lowest BCUT2D eigenvalue weighted by molar-refractivity contribution is -0.136. The van der Waals surface area contributed by atoms with Crippen LogP contribution < -0.4 is 9.47 Å². The third-order valence-corrected chi connectivity index (χ3v) is 6.14. The van der Waals surface area contributed by atoms with Gasteiger partial charge in [0, 0.05) is 13.1 Å². The first kappa shape index (κ1) is 17.6. The van der Waals surface area contributed by atoms with Crippen LogP contribution >= 0.6 is 0 Å². The van der Waals surface area contributed by atoms with Crippen LogP contribution in [0, 0.1) is 5.92 Å². The second-order valence-corrected chi connectivity index (χ2v) is 8.41. The van der Waals surface area contributed by atoms with E-state index < -0.39 is 15.1 Å². The normalized spacial score (nSPS) is 15.4. The maximum atomic E-state index is 12.1. The standard InChI is InChI=1S/C16H23NO5S/c1-12(2)11-23(19,20)13-8-17(9-13)16(18)10-22-15-7-5-4-6-14(15)21-3/h4-7,12-13H,8-11H2,1-3H3. The highest BCUT2D eigenvalue weighted by atomic mass is 32.2. The molecule has 1 fully saturated rings. The molecule has 1 amide bonds. The van der Waals surface area contributed by atoms with Gasteiger partial charge in [0.1, 0.15) is 0 Å². The van der Waals surface area contributed by atoms with E-state index in [0.717, 1.165) is 0 Å². The number of carbonyl (C=O) groups excluding carboxylic acids is 1. The van der Waals surface area contributed by atoms with Gasteiger partial charge in [-0.05, 0) is 18.1 Å². The second-order valence-electron chi connectivity index (χ2n) is 6.08. The van der Waals surface area contributed by atoms with E-state index in [2.05, 4.69) is 0 Å². The van der Waals surface area contributed by atoms with E-state index >= 15 is 0 Å². The number of likely N-dealkylation sites (tertiary alicyclic amines) is 1. The lowest BCUT2D eigenvalue weighted by Gasteiger charge is -2.38. The van der Waals surface area contributed by atoms with Gasteiger partial charge in [0.05, 0.1) is 18.1 Å². The molecule has 0 spiro atoms. The molecule has 0 radical (unpaired) electrons. The van der Waals surface area contributed by atoms with Crippen molar-refractivity contribution < 1.29 is 22.7 Å². The molecule has 6 nitrogen and oxygen atoms in total. The Bertz CT molecular complexity index is 650. The van der Waals surface area contributed by atoms with Gasteiger partial charge in [0.25, 0.3) is 5.91 Å². The van der Waals surface area contributed by atoms with Crippen LogP contribution in [0.5, 0.6) is 11.5 Å². The molecule has 2 rings (SSSR count). The average molecular weight is 341 g/mol. The summed E-state index contributed by atoms with van der Waals surface area (Å²) in [5.41, 5.74) is 0. The molecular weight excluding hydrogens is 318 g/mol. The van der Waals surface area contributed by atoms with Crippen LogP contribution in [0.15, 0.2) is 24.3 Å². The van der Waals surface area contributed by atoms with Crippen LogP contribution in [-0.2, 0) is 14.6 Å². The van der Waals surface area contributed by atoms with E-state index in [9.17, 15) is 13.2 Å². The van der Waals surface area contributed by atoms with Crippen molar-refractivity contribution in [1.82, 2.24) is 4.90 Å². The lowest BCUT2D eigenvalue weighted by atomic mass is 10.2. The predicted molar refractivity (Wildman–Crippen MR) is 87.5 cm³/mol. The molecule has 23 heavy (non-hydrogen) atoms. The highest BCUT2D eigenvalue weighted by molar-refractivity contribution is 7.92. The van der Waals surface area contributed by atoms with Gasteiger partial charge in [-0.1, -0.05) is 26.0 Å². The molecular formula is C16H23NO5S. The minimum Gasteiger partial charge on any atom is -0.493 e. The molecule has 1 aromatic rings. The number of ether oxygens (including phenoxy) is 2. The van der Waals surface area contributed by atoms with Crippen LogP contribution in [0.4, 0.5) is 0 Å². The van der Waals surface area contributed by atoms with Gasteiger partial charge < -0.3 is 14.4 Å². The van der Waals surface area contributed by atoms with Gasteiger partial charge in [-0.25, -0.2) is 8.42 Å². The zero-order chi connectivity index (χ0) is 17.0. The Labute approximate surface area is 137 Å². The number of methoxy groups -OCH3 is 1. The van der Waals surface area contributed by atoms with Crippen LogP contribution in [0.25, 0.3) is 0 Å². The Morgan fingerprint density at radius 1 is 1.26 bits per heavy atom. The topological polar surface area (TPSA) is 72.9 Å². The summed E-state index contributed by atoms with van der Waals surface area (Å²) in [5.74, 6) is 1.09. The van der Waals surface area contributed by atoms with Crippen molar-refractivity contribution in [2.45, 2.75) is 19.1 Å². The molecule has 0 saturated carbocycles. The Kier molecular flexibility index (Phi) is 5.51. The maximum absolute atomic E-state index is 12.1. The summed E-state index contributed by atoms with van der Waals surface area (Å²) in [6.07, 6.45) is 0. The molecule has 1 heterocycles. The Morgan fingerprint density at radius 2 is 1.87 bits per heavy atom. The highest BCUT2D eigenvalue weighted by Gasteiger charge is 2.39. The fourth-order valence-electron chi connectivity index (χ4n) is 2.44. The molecule has 0 aromatic heterocycles. The van der Waals surface area contributed by atoms with Crippen LogP contribution in [0.2, 0.25) is 0 Å². The van der Waals surface area contributed by atoms with Crippen LogP contribution in [0.3, 0.4) is 0 Å². The third-order valence-electron chi connectivity index (χ3n) is 3.69. The molecule has 1 saturated heterocycles. The maximum Gasteiger partial charge on any atom is 0.260 e. The van der Waals surface area contributed by atoms with E-state index in [4.69, 9.17) is 9.47 Å². The average Bonchev–Trinajstić information content (AvgIpc) is 2.42. The molecule has 0 atom stereocenters. The molecule has 0 aliphatic carbocycles. The van der Waals surface area contributed by atoms with Crippen molar-refractivity contribution in [2.75, 3.05) is 32.6 Å². The van der Waals surface area contributed by atoms with E-state index in [1.807, 2.05) is 19.9 Å². The smallest absolute Gasteiger partial charge is 0.260 e. The summed E-state index contributed by atoms with van der Waals surface area (Å²) < 4.78 is 34.8. The van der Waals surface area contributed by atoms with Crippen molar-refractivity contribution in [1.29, 1.82) is 0 Å². The van der Waals surface area contributed by atoms with Crippen molar-refractivity contribution in [3.63, 3.8) is 0 Å². The fourth-order valence-corrected chi connectivity index (χ4v) is 4.45. The van der Waals surface area contributed by atoms with Gasteiger partial charge >= 0.3 is 0 Å². The summed E-state index contributed by atoms with van der Waals surface area (Å²) in [7, 11) is -1.59. The molecule has 1 aliphatic heterocycles. The Morgan fingerprint density at radius 3 is 2.43 bits per heavy atom. The zero-order valence-electron chi connectivity index (χ0n) is 13.7. The van der Waals surface area contributed by atoms with Crippen molar-refractivity contribution in [2.24, 2.45) is 5.92 Å². The second kappa shape index (κ2) is 7.21. The third kappa shape index (κ3) is 4.37. The molecule has 0 bridgehead atoms. The first-order valence-corrected chi connectivity index (χ1v) is 9.30. The molecule has 0 unspecified atom stereocenters. The predicted octanol–water partition coefficient (Wildman–Crippen LogP) is 1.36.